The molecule has 0 aliphatic carbocycles. The molecule has 0 saturated heterocycles. The number of rotatable bonds is 3. The molecule has 6 heteroatoms. The fraction of sp³-hybridized carbons (Fsp3) is 0.200. The van der Waals surface area contributed by atoms with Crippen molar-refractivity contribution in [3.05, 3.63) is 66.4 Å². The molecule has 3 aromatic heterocycles. The van der Waals surface area contributed by atoms with Crippen LogP contribution in [0.4, 0.5) is 0 Å². The predicted molar refractivity (Wildman–Crippen MR) is 102 cm³/mol. The van der Waals surface area contributed by atoms with Gasteiger partial charge in [0.05, 0.1) is 30.3 Å². The lowest BCUT2D eigenvalue weighted by atomic mass is 10.1. The second-order valence-corrected chi connectivity index (χ2v) is 6.49. The maximum Gasteiger partial charge on any atom is 0.197 e. The van der Waals surface area contributed by atoms with Crippen LogP contribution in [0.1, 0.15) is 17.7 Å². The van der Waals surface area contributed by atoms with Crippen molar-refractivity contribution in [2.45, 2.75) is 13.0 Å². The van der Waals surface area contributed by atoms with Crippen LogP contribution in [0.25, 0.3) is 27.8 Å². The molecular weight excluding hydrogens is 324 g/mol. The third-order valence-corrected chi connectivity index (χ3v) is 4.74. The fourth-order valence-electron chi connectivity index (χ4n) is 3.38. The van der Waals surface area contributed by atoms with E-state index in [1.54, 1.807) is 0 Å². The van der Waals surface area contributed by atoms with E-state index in [9.17, 15) is 0 Å². The Hall–Kier alpha value is -3.12. The fourth-order valence-corrected chi connectivity index (χ4v) is 3.38. The molecular formula is C20H18N6. The largest absolute Gasteiger partial charge is 0.313 e. The van der Waals surface area contributed by atoms with Crippen molar-refractivity contribution in [1.82, 2.24) is 29.8 Å². The zero-order valence-electron chi connectivity index (χ0n) is 14.3. The smallest absolute Gasteiger partial charge is 0.197 e. The Morgan fingerprint density at radius 3 is 3.04 bits per heavy atom. The highest BCUT2D eigenvalue weighted by Gasteiger charge is 2.12. The topological polar surface area (TPSA) is 68.5 Å². The Labute approximate surface area is 150 Å². The van der Waals surface area contributed by atoms with Crippen molar-refractivity contribution in [1.29, 1.82) is 0 Å². The Balaban J connectivity index is 1.52. The minimum atomic E-state index is 0.686. The van der Waals surface area contributed by atoms with Gasteiger partial charge in [0.2, 0.25) is 0 Å². The highest BCUT2D eigenvalue weighted by atomic mass is 15.1. The van der Waals surface area contributed by atoms with Gasteiger partial charge in [-0.25, -0.2) is 15.0 Å². The van der Waals surface area contributed by atoms with Crippen molar-refractivity contribution in [2.24, 2.45) is 0 Å². The Morgan fingerprint density at radius 2 is 2.12 bits per heavy atom. The van der Waals surface area contributed by atoms with E-state index in [1.807, 2.05) is 24.8 Å². The van der Waals surface area contributed by atoms with Crippen molar-refractivity contribution >= 4 is 27.8 Å². The predicted octanol–water partition coefficient (Wildman–Crippen LogP) is 2.80. The summed E-state index contributed by atoms with van der Waals surface area (Å²) in [6, 6.07) is 10.4. The van der Waals surface area contributed by atoms with E-state index in [0.717, 1.165) is 41.8 Å². The monoisotopic (exact) mass is 342 g/mol. The standard InChI is InChI=1S/C20H18N6/c1-2-16-10-14(3-4-17(16)22-7-1)12-26-13-24-19-20(26)25-18(11-23-19)15-5-8-21-9-6-15/h1-5,7,10-11,13,21H,6,8-9,12H2. The average Bonchev–Trinajstić information content (AvgIpc) is 3.10. The van der Waals surface area contributed by atoms with E-state index in [2.05, 4.69) is 55.2 Å². The molecule has 0 fully saturated rings. The summed E-state index contributed by atoms with van der Waals surface area (Å²) in [6.07, 6.45) is 8.64. The van der Waals surface area contributed by atoms with Crippen molar-refractivity contribution in [2.75, 3.05) is 13.1 Å². The molecule has 1 aliphatic heterocycles. The van der Waals surface area contributed by atoms with Crippen molar-refractivity contribution < 1.29 is 0 Å². The van der Waals surface area contributed by atoms with E-state index >= 15 is 0 Å². The summed E-state index contributed by atoms with van der Waals surface area (Å²) < 4.78 is 2.06. The maximum atomic E-state index is 4.85. The zero-order chi connectivity index (χ0) is 17.3. The zero-order valence-corrected chi connectivity index (χ0v) is 14.3. The van der Waals surface area contributed by atoms with Gasteiger partial charge in [-0.1, -0.05) is 18.2 Å². The molecule has 1 aromatic carbocycles. The minimum Gasteiger partial charge on any atom is -0.313 e. The third-order valence-electron chi connectivity index (χ3n) is 4.74. The van der Waals surface area contributed by atoms with Crippen LogP contribution in [-0.2, 0) is 6.54 Å². The summed E-state index contributed by atoms with van der Waals surface area (Å²) in [7, 11) is 0. The number of fused-ring (bicyclic) bond motifs is 2. The lowest BCUT2D eigenvalue weighted by molar-refractivity contribution is 0.736. The molecule has 26 heavy (non-hydrogen) atoms. The van der Waals surface area contributed by atoms with Crippen LogP contribution in [0.15, 0.2) is 55.1 Å². The van der Waals surface area contributed by atoms with Gasteiger partial charge >= 0.3 is 0 Å². The number of nitrogens with one attached hydrogen (secondary N) is 1. The van der Waals surface area contributed by atoms with Gasteiger partial charge in [0.15, 0.2) is 11.3 Å². The minimum absolute atomic E-state index is 0.686. The normalized spacial score (nSPS) is 14.7. The molecule has 0 radical (unpaired) electrons. The number of aromatic nitrogens is 5. The second kappa shape index (κ2) is 6.31. The SMILES string of the molecule is C1=C(c2cnc3ncn(Cc4ccc5ncccc5c4)c3n2)CCNC1. The Bertz CT molecular complexity index is 1130. The maximum absolute atomic E-state index is 4.85. The van der Waals surface area contributed by atoms with Crippen molar-refractivity contribution in [3.63, 3.8) is 0 Å². The number of pyridine rings is 1. The third kappa shape index (κ3) is 2.74. The van der Waals surface area contributed by atoms with Gasteiger partial charge in [0.25, 0.3) is 0 Å². The summed E-state index contributed by atoms with van der Waals surface area (Å²) in [6.45, 7) is 2.58. The van der Waals surface area contributed by atoms with Crippen LogP contribution in [0.3, 0.4) is 0 Å². The molecule has 0 spiro atoms. The van der Waals surface area contributed by atoms with Crippen LogP contribution < -0.4 is 5.32 Å². The summed E-state index contributed by atoms with van der Waals surface area (Å²) in [5, 5.41) is 4.47. The number of imidazole rings is 1. The van der Waals surface area contributed by atoms with Crippen LogP contribution in [0, 0.1) is 0 Å². The Kier molecular flexibility index (Phi) is 3.68. The molecule has 5 rings (SSSR count). The summed E-state index contributed by atoms with van der Waals surface area (Å²) >= 11 is 0. The van der Waals surface area contributed by atoms with Gasteiger partial charge in [-0.2, -0.15) is 0 Å². The summed E-state index contributed by atoms with van der Waals surface area (Å²) in [5.41, 5.74) is 5.91. The summed E-state index contributed by atoms with van der Waals surface area (Å²) in [4.78, 5) is 18.1. The van der Waals surface area contributed by atoms with Crippen LogP contribution in [0.2, 0.25) is 0 Å². The first kappa shape index (κ1) is 15.2. The van der Waals surface area contributed by atoms with Gasteiger partial charge in [0, 0.05) is 18.1 Å². The molecule has 1 N–H and O–H groups in total. The van der Waals surface area contributed by atoms with E-state index in [0.29, 0.717) is 12.2 Å². The van der Waals surface area contributed by atoms with E-state index < -0.39 is 0 Å². The van der Waals surface area contributed by atoms with Gasteiger partial charge in [0.1, 0.15) is 0 Å². The highest BCUT2D eigenvalue weighted by Crippen LogP contribution is 2.20. The molecule has 4 aromatic rings. The molecule has 0 bridgehead atoms. The Morgan fingerprint density at radius 1 is 1.12 bits per heavy atom. The average molecular weight is 342 g/mol. The number of benzene rings is 1. The van der Waals surface area contributed by atoms with Gasteiger partial charge in [-0.15, -0.1) is 0 Å². The molecule has 128 valence electrons. The lowest BCUT2D eigenvalue weighted by Gasteiger charge is -2.13. The first-order chi connectivity index (χ1) is 12.9. The number of nitrogens with zero attached hydrogens (tertiary/aromatic N) is 5. The van der Waals surface area contributed by atoms with E-state index in [4.69, 9.17) is 4.98 Å². The molecule has 0 atom stereocenters. The van der Waals surface area contributed by atoms with Crippen molar-refractivity contribution in [3.8, 4) is 0 Å². The number of hydrogen-bond donors (Lipinski definition) is 1. The van der Waals surface area contributed by atoms with Gasteiger partial charge in [-0.3, -0.25) is 4.98 Å². The molecule has 1 aliphatic rings. The van der Waals surface area contributed by atoms with Crippen LogP contribution >= 0.6 is 0 Å². The highest BCUT2D eigenvalue weighted by molar-refractivity contribution is 5.79. The van der Waals surface area contributed by atoms with Gasteiger partial charge < -0.3 is 9.88 Å². The van der Waals surface area contributed by atoms with E-state index in [1.165, 1.54) is 11.1 Å². The molecule has 0 saturated carbocycles. The first-order valence-electron chi connectivity index (χ1n) is 8.78. The second-order valence-electron chi connectivity index (χ2n) is 6.49. The van der Waals surface area contributed by atoms with Gasteiger partial charge in [-0.05, 0) is 42.3 Å². The van der Waals surface area contributed by atoms with E-state index in [-0.39, 0.29) is 0 Å². The molecule has 0 amide bonds. The van der Waals surface area contributed by atoms with Crippen LogP contribution in [0.5, 0.6) is 0 Å². The quantitative estimate of drug-likeness (QED) is 0.620. The molecule has 4 heterocycles. The lowest BCUT2D eigenvalue weighted by Crippen LogP contribution is -2.20. The molecule has 6 nitrogen and oxygen atoms in total. The first-order valence-corrected chi connectivity index (χ1v) is 8.78. The van der Waals surface area contributed by atoms with Crippen LogP contribution in [-0.4, -0.2) is 37.6 Å². The molecule has 0 unspecified atom stereocenters. The number of hydrogen-bond acceptors (Lipinski definition) is 5. The summed E-state index contributed by atoms with van der Waals surface area (Å²) in [5.74, 6) is 0.